The van der Waals surface area contributed by atoms with Crippen LogP contribution in [0.25, 0.3) is 0 Å². The molecule has 0 bridgehead atoms. The maximum atomic E-state index is 12.1. The highest BCUT2D eigenvalue weighted by atomic mass is 35.5. The lowest BCUT2D eigenvalue weighted by atomic mass is 9.93. The van der Waals surface area contributed by atoms with E-state index in [9.17, 15) is 9.90 Å². The molecule has 0 aromatic carbocycles. The van der Waals surface area contributed by atoms with Crippen molar-refractivity contribution in [1.82, 2.24) is 10.3 Å². The first kappa shape index (κ1) is 15.2. The van der Waals surface area contributed by atoms with Crippen LogP contribution in [0.2, 0.25) is 10.3 Å². The third kappa shape index (κ3) is 3.34. The molecule has 1 aromatic heterocycles. The minimum Gasteiger partial charge on any atom is -0.394 e. The number of aliphatic hydroxyl groups is 1. The number of carbonyl (C=O) groups is 1. The molecule has 0 spiro atoms. The third-order valence-electron chi connectivity index (χ3n) is 3.09. The minimum absolute atomic E-state index is 0.0547. The summed E-state index contributed by atoms with van der Waals surface area (Å²) in [4.78, 5) is 15.9. The number of nitrogens with one attached hydrogen (secondary N) is 1. The van der Waals surface area contributed by atoms with Crippen LogP contribution in [0.5, 0.6) is 0 Å². The highest BCUT2D eigenvalue weighted by molar-refractivity contribution is 6.34. The summed E-state index contributed by atoms with van der Waals surface area (Å²) in [5.41, 5.74) is -0.374. The van der Waals surface area contributed by atoms with Gasteiger partial charge in [-0.05, 0) is 25.0 Å². The maximum Gasteiger partial charge on any atom is 0.254 e. The van der Waals surface area contributed by atoms with Gasteiger partial charge in [-0.2, -0.15) is 0 Å². The number of carbonyl (C=O) groups excluding carboxylic acids is 1. The number of hydrogen-bond donors (Lipinski definition) is 2. The van der Waals surface area contributed by atoms with Gasteiger partial charge in [0.05, 0.1) is 17.7 Å². The summed E-state index contributed by atoms with van der Waals surface area (Å²) in [7, 11) is 0. The van der Waals surface area contributed by atoms with Crippen molar-refractivity contribution in [1.29, 1.82) is 0 Å². The van der Waals surface area contributed by atoms with Gasteiger partial charge in [-0.1, -0.05) is 37.0 Å². The van der Waals surface area contributed by atoms with E-state index in [0.29, 0.717) is 12.8 Å². The lowest BCUT2D eigenvalue weighted by Gasteiger charge is -2.30. The summed E-state index contributed by atoms with van der Waals surface area (Å²) in [6, 6.07) is 3.02. The summed E-state index contributed by atoms with van der Waals surface area (Å²) in [6.45, 7) is 3.69. The second-order valence-corrected chi connectivity index (χ2v) is 4.82. The zero-order chi connectivity index (χ0) is 13.8. The monoisotopic (exact) mass is 290 g/mol. The Morgan fingerprint density at radius 2 is 2.00 bits per heavy atom. The van der Waals surface area contributed by atoms with Crippen LogP contribution in [-0.4, -0.2) is 28.1 Å². The molecule has 0 aliphatic rings. The van der Waals surface area contributed by atoms with Crippen molar-refractivity contribution in [3.63, 3.8) is 0 Å². The minimum atomic E-state index is -0.625. The van der Waals surface area contributed by atoms with Crippen LogP contribution in [0.15, 0.2) is 12.1 Å². The fourth-order valence-electron chi connectivity index (χ4n) is 1.58. The van der Waals surface area contributed by atoms with E-state index in [2.05, 4.69) is 10.3 Å². The Labute approximate surface area is 116 Å². The van der Waals surface area contributed by atoms with Gasteiger partial charge in [0.25, 0.3) is 5.91 Å². The lowest BCUT2D eigenvalue weighted by molar-refractivity contribution is 0.0817. The maximum absolute atomic E-state index is 12.1. The third-order valence-corrected chi connectivity index (χ3v) is 3.59. The zero-order valence-corrected chi connectivity index (χ0v) is 11.8. The van der Waals surface area contributed by atoms with Crippen LogP contribution >= 0.6 is 23.2 Å². The van der Waals surface area contributed by atoms with E-state index >= 15 is 0 Å². The molecular formula is C12H16Cl2N2O2. The van der Waals surface area contributed by atoms with Crippen molar-refractivity contribution in [2.75, 3.05) is 6.61 Å². The second kappa shape index (κ2) is 6.36. The Morgan fingerprint density at radius 1 is 1.39 bits per heavy atom. The van der Waals surface area contributed by atoms with Crippen LogP contribution < -0.4 is 5.32 Å². The molecule has 1 amide bonds. The van der Waals surface area contributed by atoms with Gasteiger partial charge in [-0.3, -0.25) is 4.79 Å². The van der Waals surface area contributed by atoms with Gasteiger partial charge in [0.1, 0.15) is 10.3 Å². The molecule has 0 atom stereocenters. The molecule has 0 saturated heterocycles. The average Bonchev–Trinajstić information content (AvgIpc) is 2.36. The highest BCUT2D eigenvalue weighted by Crippen LogP contribution is 2.19. The normalized spacial score (nSPS) is 11.4. The molecule has 0 radical (unpaired) electrons. The molecule has 0 fully saturated rings. The Balaban J connectivity index is 2.94. The molecule has 0 saturated carbocycles. The van der Waals surface area contributed by atoms with Crippen molar-refractivity contribution >= 4 is 29.1 Å². The predicted molar refractivity (Wildman–Crippen MR) is 72.1 cm³/mol. The predicted octanol–water partition coefficient (Wildman–Crippen LogP) is 2.67. The number of aromatic nitrogens is 1. The van der Waals surface area contributed by atoms with E-state index in [4.69, 9.17) is 23.2 Å². The number of pyridine rings is 1. The average molecular weight is 291 g/mol. The fraction of sp³-hybridized carbons (Fsp3) is 0.500. The summed E-state index contributed by atoms with van der Waals surface area (Å²) < 4.78 is 0. The van der Waals surface area contributed by atoms with Crippen LogP contribution in [-0.2, 0) is 0 Å². The van der Waals surface area contributed by atoms with Crippen molar-refractivity contribution in [3.05, 3.63) is 28.0 Å². The Morgan fingerprint density at radius 3 is 2.44 bits per heavy atom. The van der Waals surface area contributed by atoms with E-state index in [0.717, 1.165) is 0 Å². The standard InChI is InChI=1S/C12H16Cl2N2O2/c1-3-12(4-2,7-17)16-11(18)8-5-6-9(13)15-10(8)14/h5-6,17H,3-4,7H2,1-2H3,(H,16,18). The quantitative estimate of drug-likeness (QED) is 0.820. The van der Waals surface area contributed by atoms with Crippen molar-refractivity contribution in [2.45, 2.75) is 32.2 Å². The van der Waals surface area contributed by atoms with E-state index in [1.807, 2.05) is 13.8 Å². The molecule has 2 N–H and O–H groups in total. The van der Waals surface area contributed by atoms with Crippen LogP contribution in [0, 0.1) is 0 Å². The first-order valence-electron chi connectivity index (χ1n) is 5.73. The summed E-state index contributed by atoms with van der Waals surface area (Å²) >= 11 is 11.5. The first-order valence-corrected chi connectivity index (χ1v) is 6.49. The molecule has 4 nitrogen and oxygen atoms in total. The van der Waals surface area contributed by atoms with E-state index in [-0.39, 0.29) is 28.4 Å². The Bertz CT molecular complexity index is 426. The second-order valence-electron chi connectivity index (χ2n) is 4.07. The van der Waals surface area contributed by atoms with E-state index in [1.54, 1.807) is 0 Å². The molecule has 18 heavy (non-hydrogen) atoms. The number of amides is 1. The first-order chi connectivity index (χ1) is 8.48. The largest absolute Gasteiger partial charge is 0.394 e. The summed E-state index contributed by atoms with van der Waals surface area (Å²) in [5, 5.41) is 12.5. The van der Waals surface area contributed by atoms with Gasteiger partial charge in [0, 0.05) is 0 Å². The fourth-order valence-corrected chi connectivity index (χ4v) is 2.01. The molecule has 0 aliphatic heterocycles. The topological polar surface area (TPSA) is 62.2 Å². The van der Waals surface area contributed by atoms with Gasteiger partial charge >= 0.3 is 0 Å². The number of hydrogen-bond acceptors (Lipinski definition) is 3. The van der Waals surface area contributed by atoms with Crippen LogP contribution in [0.3, 0.4) is 0 Å². The highest BCUT2D eigenvalue weighted by Gasteiger charge is 2.28. The van der Waals surface area contributed by atoms with Crippen molar-refractivity contribution in [2.24, 2.45) is 0 Å². The smallest absolute Gasteiger partial charge is 0.254 e. The van der Waals surface area contributed by atoms with Gasteiger partial charge in [-0.15, -0.1) is 0 Å². The van der Waals surface area contributed by atoms with Gasteiger partial charge in [0.15, 0.2) is 0 Å². The van der Waals surface area contributed by atoms with Crippen LogP contribution in [0.1, 0.15) is 37.0 Å². The number of rotatable bonds is 5. The van der Waals surface area contributed by atoms with Gasteiger partial charge in [0.2, 0.25) is 0 Å². The Kier molecular flexibility index (Phi) is 5.38. The van der Waals surface area contributed by atoms with Crippen molar-refractivity contribution < 1.29 is 9.90 Å². The molecule has 1 heterocycles. The number of aliphatic hydroxyl groups excluding tert-OH is 1. The lowest BCUT2D eigenvalue weighted by Crippen LogP contribution is -2.50. The Hall–Kier alpha value is -0.840. The van der Waals surface area contributed by atoms with E-state index in [1.165, 1.54) is 12.1 Å². The van der Waals surface area contributed by atoms with Gasteiger partial charge in [-0.25, -0.2) is 4.98 Å². The molecule has 0 aliphatic carbocycles. The molecule has 1 aromatic rings. The molecule has 100 valence electrons. The zero-order valence-electron chi connectivity index (χ0n) is 10.3. The molecule has 1 rings (SSSR count). The number of nitrogens with zero attached hydrogens (tertiary/aromatic N) is 1. The number of halogens is 2. The van der Waals surface area contributed by atoms with Crippen LogP contribution in [0.4, 0.5) is 0 Å². The SMILES string of the molecule is CCC(CC)(CO)NC(=O)c1ccc(Cl)nc1Cl. The molecular weight excluding hydrogens is 275 g/mol. The summed E-state index contributed by atoms with van der Waals surface area (Å²) in [5.74, 6) is -0.359. The molecule has 6 heteroatoms. The summed E-state index contributed by atoms with van der Waals surface area (Å²) in [6.07, 6.45) is 1.26. The molecule has 0 unspecified atom stereocenters. The van der Waals surface area contributed by atoms with Crippen molar-refractivity contribution in [3.8, 4) is 0 Å². The van der Waals surface area contributed by atoms with Gasteiger partial charge < -0.3 is 10.4 Å². The van der Waals surface area contributed by atoms with E-state index < -0.39 is 5.54 Å².